The van der Waals surface area contributed by atoms with Gasteiger partial charge in [-0.25, -0.2) is 4.99 Å². The van der Waals surface area contributed by atoms with E-state index in [1.165, 1.54) is 5.56 Å². The largest absolute Gasteiger partial charge is 0.463 e. The van der Waals surface area contributed by atoms with Gasteiger partial charge >= 0.3 is 0 Å². The zero-order chi connectivity index (χ0) is 18.5. The van der Waals surface area contributed by atoms with Crippen LogP contribution in [0.25, 0.3) is 0 Å². The zero-order valence-corrected chi connectivity index (χ0v) is 15.4. The number of aryl methyl sites for hydroxylation is 1. The van der Waals surface area contributed by atoms with E-state index in [2.05, 4.69) is 10.3 Å². The molecule has 6 heteroatoms. The third-order valence-corrected chi connectivity index (χ3v) is 4.74. The van der Waals surface area contributed by atoms with Gasteiger partial charge in [0.1, 0.15) is 6.61 Å². The van der Waals surface area contributed by atoms with Gasteiger partial charge in [-0.2, -0.15) is 0 Å². The topological polar surface area (TPSA) is 76.7 Å². The summed E-state index contributed by atoms with van der Waals surface area (Å²) in [5.74, 6) is -0.300. The Labute approximate surface area is 158 Å². The zero-order valence-electron chi connectivity index (χ0n) is 14.6. The molecular weight excluding hydrogens is 350 g/mol. The van der Waals surface area contributed by atoms with Gasteiger partial charge in [0.2, 0.25) is 5.91 Å². The number of rotatable bonds is 6. The molecule has 136 valence electrons. The van der Waals surface area contributed by atoms with Crippen LogP contribution < -0.4 is 11.1 Å². The summed E-state index contributed by atoms with van der Waals surface area (Å²) in [5.41, 5.74) is 8.42. The van der Waals surface area contributed by atoms with E-state index in [0.29, 0.717) is 11.6 Å². The second kappa shape index (κ2) is 8.23. The molecule has 3 rings (SSSR count). The lowest BCUT2D eigenvalue weighted by atomic mass is 10.0. The van der Waals surface area contributed by atoms with Gasteiger partial charge in [-0.15, -0.1) is 0 Å². The Balaban J connectivity index is 1.53. The van der Waals surface area contributed by atoms with E-state index in [-0.39, 0.29) is 23.9 Å². The Morgan fingerprint density at radius 3 is 2.58 bits per heavy atom. The molecule has 3 N–H and O–H groups in total. The molecule has 0 saturated heterocycles. The Hall–Kier alpha value is -2.53. The molecule has 2 unspecified atom stereocenters. The first-order chi connectivity index (χ1) is 12.5. The highest BCUT2D eigenvalue weighted by Crippen LogP contribution is 2.21. The molecule has 2 atom stereocenters. The fourth-order valence-corrected chi connectivity index (χ4v) is 2.95. The summed E-state index contributed by atoms with van der Waals surface area (Å²) < 4.78 is 5.16. The van der Waals surface area contributed by atoms with Crippen LogP contribution in [0.3, 0.4) is 0 Å². The molecule has 1 heterocycles. The van der Waals surface area contributed by atoms with Crippen molar-refractivity contribution in [3.8, 4) is 0 Å². The van der Waals surface area contributed by atoms with E-state index in [9.17, 15) is 4.79 Å². The van der Waals surface area contributed by atoms with Crippen LogP contribution in [-0.2, 0) is 16.0 Å². The summed E-state index contributed by atoms with van der Waals surface area (Å²) in [6.45, 7) is 2.44. The molecule has 0 spiro atoms. The van der Waals surface area contributed by atoms with E-state index in [0.717, 1.165) is 24.1 Å². The van der Waals surface area contributed by atoms with Gasteiger partial charge < -0.3 is 15.8 Å². The smallest absolute Gasteiger partial charge is 0.282 e. The third kappa shape index (κ3) is 4.76. The van der Waals surface area contributed by atoms with Crippen molar-refractivity contribution in [2.24, 2.45) is 10.7 Å². The number of carbonyl (C=O) groups excluding carboxylic acids is 1. The minimum atomic E-state index is -0.252. The number of amides is 1. The number of nitrogens with two attached hydrogens (primary N) is 1. The average molecular weight is 372 g/mol. The van der Waals surface area contributed by atoms with Crippen LogP contribution in [0.1, 0.15) is 30.4 Å². The Bertz CT molecular complexity index is 788. The summed E-state index contributed by atoms with van der Waals surface area (Å²) in [5, 5.41) is 3.62. The summed E-state index contributed by atoms with van der Waals surface area (Å²) in [4.78, 5) is 16.6. The van der Waals surface area contributed by atoms with Crippen LogP contribution in [0.2, 0.25) is 5.02 Å². The number of halogens is 1. The van der Waals surface area contributed by atoms with Crippen molar-refractivity contribution < 1.29 is 9.53 Å². The molecule has 1 amide bonds. The van der Waals surface area contributed by atoms with Crippen molar-refractivity contribution in [2.45, 2.75) is 31.7 Å². The molecule has 2 aromatic carbocycles. The molecule has 0 aliphatic carbocycles. The number of amidine groups is 1. The maximum atomic E-state index is 12.4. The molecule has 0 bridgehead atoms. The first-order valence-corrected chi connectivity index (χ1v) is 9.00. The maximum absolute atomic E-state index is 12.4. The quantitative estimate of drug-likeness (QED) is 0.812. The third-order valence-electron chi connectivity index (χ3n) is 4.48. The van der Waals surface area contributed by atoms with Gasteiger partial charge in [0.15, 0.2) is 0 Å². The fraction of sp³-hybridized carbons (Fsp3) is 0.300. The SMILES string of the molecule is CC(C(=O)Nc1ccc(CCC2COC(N)=N2)cc1)c1ccc(Cl)cc1. The standard InChI is InChI=1S/C20H22ClN3O2/c1-13(15-5-7-16(21)8-6-15)19(25)23-17-9-2-14(3-10-17)4-11-18-12-26-20(22)24-18/h2-3,5-10,13,18H,4,11-12H2,1H3,(H2,22,24)(H,23,25). The molecule has 5 nitrogen and oxygen atoms in total. The molecule has 0 saturated carbocycles. The Morgan fingerprint density at radius 1 is 1.27 bits per heavy atom. The number of anilines is 1. The van der Waals surface area contributed by atoms with E-state index < -0.39 is 0 Å². The predicted molar refractivity (Wildman–Crippen MR) is 105 cm³/mol. The number of aliphatic imine (C=N–C) groups is 1. The number of hydrogen-bond donors (Lipinski definition) is 2. The molecule has 2 aromatic rings. The summed E-state index contributed by atoms with van der Waals surface area (Å²) in [6, 6.07) is 15.6. The molecule has 26 heavy (non-hydrogen) atoms. The molecule has 0 fully saturated rings. The van der Waals surface area contributed by atoms with Crippen LogP contribution >= 0.6 is 11.6 Å². The highest BCUT2D eigenvalue weighted by Gasteiger charge is 2.17. The molecule has 1 aliphatic rings. The highest BCUT2D eigenvalue weighted by atomic mass is 35.5. The highest BCUT2D eigenvalue weighted by molar-refractivity contribution is 6.30. The number of ether oxygens (including phenoxy) is 1. The second-order valence-electron chi connectivity index (χ2n) is 6.43. The number of hydrogen-bond acceptors (Lipinski definition) is 4. The summed E-state index contributed by atoms with van der Waals surface area (Å²) in [7, 11) is 0. The van der Waals surface area contributed by atoms with E-state index in [1.807, 2.05) is 43.3 Å². The molecular formula is C20H22ClN3O2. The van der Waals surface area contributed by atoms with Crippen LogP contribution in [0.15, 0.2) is 53.5 Å². The number of nitrogens with zero attached hydrogens (tertiary/aromatic N) is 1. The van der Waals surface area contributed by atoms with Crippen molar-refractivity contribution in [2.75, 3.05) is 11.9 Å². The van der Waals surface area contributed by atoms with Gasteiger partial charge in [-0.1, -0.05) is 35.9 Å². The number of nitrogens with one attached hydrogen (secondary N) is 1. The Kier molecular flexibility index (Phi) is 5.78. The van der Waals surface area contributed by atoms with Gasteiger partial charge in [0.25, 0.3) is 6.02 Å². The van der Waals surface area contributed by atoms with Gasteiger partial charge in [-0.3, -0.25) is 4.79 Å². The molecule has 1 aliphatic heterocycles. The second-order valence-corrected chi connectivity index (χ2v) is 6.87. The van der Waals surface area contributed by atoms with Crippen molar-refractivity contribution >= 4 is 29.2 Å². The normalized spacial score (nSPS) is 17.3. The molecule has 0 radical (unpaired) electrons. The van der Waals surface area contributed by atoms with Crippen molar-refractivity contribution in [1.82, 2.24) is 0 Å². The first-order valence-electron chi connectivity index (χ1n) is 8.62. The monoisotopic (exact) mass is 371 g/mol. The van der Waals surface area contributed by atoms with Gasteiger partial charge in [0.05, 0.1) is 12.0 Å². The first kappa shape index (κ1) is 18.3. The van der Waals surface area contributed by atoms with Crippen LogP contribution in [-0.4, -0.2) is 24.6 Å². The summed E-state index contributed by atoms with van der Waals surface area (Å²) >= 11 is 5.89. The van der Waals surface area contributed by atoms with Crippen LogP contribution in [0.4, 0.5) is 5.69 Å². The summed E-state index contributed by atoms with van der Waals surface area (Å²) in [6.07, 6.45) is 1.78. The van der Waals surface area contributed by atoms with Gasteiger partial charge in [-0.05, 0) is 55.2 Å². The Morgan fingerprint density at radius 2 is 1.96 bits per heavy atom. The van der Waals surface area contributed by atoms with Crippen molar-refractivity contribution in [3.05, 3.63) is 64.7 Å². The van der Waals surface area contributed by atoms with Crippen molar-refractivity contribution in [1.29, 1.82) is 0 Å². The minimum Gasteiger partial charge on any atom is -0.463 e. The fourth-order valence-electron chi connectivity index (χ4n) is 2.83. The maximum Gasteiger partial charge on any atom is 0.282 e. The lowest BCUT2D eigenvalue weighted by Gasteiger charge is -2.13. The number of carbonyl (C=O) groups is 1. The lowest BCUT2D eigenvalue weighted by Crippen LogP contribution is -2.18. The van der Waals surface area contributed by atoms with Crippen molar-refractivity contribution in [3.63, 3.8) is 0 Å². The van der Waals surface area contributed by atoms with Crippen LogP contribution in [0.5, 0.6) is 0 Å². The van der Waals surface area contributed by atoms with E-state index in [1.54, 1.807) is 12.1 Å². The van der Waals surface area contributed by atoms with E-state index >= 15 is 0 Å². The molecule has 0 aromatic heterocycles. The van der Waals surface area contributed by atoms with E-state index in [4.69, 9.17) is 22.1 Å². The number of benzene rings is 2. The van der Waals surface area contributed by atoms with Gasteiger partial charge in [0, 0.05) is 10.7 Å². The van der Waals surface area contributed by atoms with Crippen LogP contribution in [0, 0.1) is 0 Å². The predicted octanol–water partition coefficient (Wildman–Crippen LogP) is 3.73. The average Bonchev–Trinajstić information content (AvgIpc) is 3.06. The lowest BCUT2D eigenvalue weighted by molar-refractivity contribution is -0.117. The minimum absolute atomic E-state index is 0.0482.